The van der Waals surface area contributed by atoms with E-state index in [1.807, 2.05) is 12.1 Å². The minimum Gasteiger partial charge on any atom is -0.448 e. The number of esters is 1. The van der Waals surface area contributed by atoms with Crippen LogP contribution in [0.15, 0.2) is 48.7 Å². The summed E-state index contributed by atoms with van der Waals surface area (Å²) in [4.78, 5) is 33.7. The van der Waals surface area contributed by atoms with Gasteiger partial charge in [0.05, 0.1) is 23.0 Å². The number of carbonyl (C=O) groups excluding carboxylic acids is 2. The quantitative estimate of drug-likeness (QED) is 0.666. The first kappa shape index (κ1) is 19.2. The van der Waals surface area contributed by atoms with Crippen molar-refractivity contribution < 1.29 is 14.3 Å². The molecule has 1 amide bonds. The fourth-order valence-electron chi connectivity index (χ4n) is 2.32. The largest absolute Gasteiger partial charge is 0.448 e. The van der Waals surface area contributed by atoms with Crippen LogP contribution >= 0.6 is 11.3 Å². The molecule has 1 atom stereocenters. The number of pyridine rings is 1. The third-order valence-electron chi connectivity index (χ3n) is 3.80. The average molecular weight is 392 g/mol. The van der Waals surface area contributed by atoms with Gasteiger partial charge in [-0.3, -0.25) is 9.78 Å². The van der Waals surface area contributed by atoms with E-state index in [1.165, 1.54) is 18.3 Å². The van der Waals surface area contributed by atoms with E-state index in [0.29, 0.717) is 32.5 Å². The number of nitrogens with zero attached hydrogens (tertiary/aromatic N) is 3. The van der Waals surface area contributed by atoms with E-state index in [4.69, 9.17) is 10.00 Å². The highest BCUT2D eigenvalue weighted by Gasteiger charge is 2.23. The van der Waals surface area contributed by atoms with Crippen LogP contribution in [0, 0.1) is 18.3 Å². The zero-order valence-corrected chi connectivity index (χ0v) is 16.0. The maximum atomic E-state index is 12.5. The molecule has 0 unspecified atom stereocenters. The van der Waals surface area contributed by atoms with Crippen molar-refractivity contribution in [1.29, 1.82) is 5.26 Å². The number of carbonyl (C=O) groups is 2. The van der Waals surface area contributed by atoms with E-state index in [1.54, 1.807) is 49.5 Å². The van der Waals surface area contributed by atoms with Gasteiger partial charge in [-0.1, -0.05) is 6.07 Å². The molecule has 0 aliphatic rings. The summed E-state index contributed by atoms with van der Waals surface area (Å²) in [5.74, 6) is -1.08. The van der Waals surface area contributed by atoms with Crippen molar-refractivity contribution in [2.75, 3.05) is 5.32 Å². The maximum Gasteiger partial charge on any atom is 0.351 e. The van der Waals surface area contributed by atoms with Crippen molar-refractivity contribution in [3.05, 3.63) is 64.8 Å². The molecule has 0 aliphatic heterocycles. The number of hydrogen-bond acceptors (Lipinski definition) is 7. The molecule has 140 valence electrons. The third kappa shape index (κ3) is 4.39. The molecule has 28 heavy (non-hydrogen) atoms. The molecule has 0 bridgehead atoms. The standard InChI is InChI=1S/C20H16N4O3S/c1-12-17(28-19(23-12)16-5-3-4-10-22-16)20(26)27-13(2)18(25)24-15-8-6-14(11-21)7-9-15/h3-10,13H,1-2H3,(H,24,25)/t13-/m1/s1. The van der Waals surface area contributed by atoms with Crippen LogP contribution in [0.1, 0.15) is 27.9 Å². The number of benzene rings is 1. The van der Waals surface area contributed by atoms with Gasteiger partial charge in [0.2, 0.25) is 0 Å². The number of nitriles is 1. The maximum absolute atomic E-state index is 12.5. The molecule has 7 nitrogen and oxygen atoms in total. The highest BCUT2D eigenvalue weighted by molar-refractivity contribution is 7.17. The van der Waals surface area contributed by atoms with Crippen LogP contribution in [0.5, 0.6) is 0 Å². The van der Waals surface area contributed by atoms with Crippen LogP contribution in [-0.4, -0.2) is 27.9 Å². The summed E-state index contributed by atoms with van der Waals surface area (Å²) in [6.07, 6.45) is 0.655. The van der Waals surface area contributed by atoms with Gasteiger partial charge in [-0.15, -0.1) is 11.3 Å². The summed E-state index contributed by atoms with van der Waals surface area (Å²) >= 11 is 1.17. The zero-order chi connectivity index (χ0) is 20.1. The Morgan fingerprint density at radius 3 is 2.61 bits per heavy atom. The topological polar surface area (TPSA) is 105 Å². The van der Waals surface area contributed by atoms with Gasteiger partial charge < -0.3 is 10.1 Å². The van der Waals surface area contributed by atoms with Gasteiger partial charge in [0, 0.05) is 11.9 Å². The van der Waals surface area contributed by atoms with Gasteiger partial charge in [-0.05, 0) is 50.2 Å². The molecule has 0 spiro atoms. The number of ether oxygens (including phenoxy) is 1. The van der Waals surface area contributed by atoms with Gasteiger partial charge >= 0.3 is 5.97 Å². The highest BCUT2D eigenvalue weighted by atomic mass is 32.1. The minimum atomic E-state index is -0.997. The molecular weight excluding hydrogens is 376 g/mol. The fourth-order valence-corrected chi connectivity index (χ4v) is 3.25. The lowest BCUT2D eigenvalue weighted by atomic mass is 10.2. The van der Waals surface area contributed by atoms with Gasteiger partial charge in [-0.2, -0.15) is 5.26 Å². The van der Waals surface area contributed by atoms with Gasteiger partial charge in [-0.25, -0.2) is 9.78 Å². The van der Waals surface area contributed by atoms with Crippen molar-refractivity contribution in [2.24, 2.45) is 0 Å². The Bertz CT molecular complexity index is 1040. The second-order valence-electron chi connectivity index (χ2n) is 5.87. The van der Waals surface area contributed by atoms with Crippen LogP contribution in [0.3, 0.4) is 0 Å². The van der Waals surface area contributed by atoms with Crippen LogP contribution in [0.25, 0.3) is 10.7 Å². The molecule has 3 aromatic rings. The van der Waals surface area contributed by atoms with E-state index in [-0.39, 0.29) is 0 Å². The Morgan fingerprint density at radius 2 is 1.96 bits per heavy atom. The third-order valence-corrected chi connectivity index (χ3v) is 4.96. The first-order valence-electron chi connectivity index (χ1n) is 8.39. The Morgan fingerprint density at radius 1 is 1.21 bits per heavy atom. The van der Waals surface area contributed by atoms with Crippen molar-refractivity contribution in [2.45, 2.75) is 20.0 Å². The SMILES string of the molecule is Cc1nc(-c2ccccn2)sc1C(=O)O[C@H](C)C(=O)Nc1ccc(C#N)cc1. The summed E-state index contributed by atoms with van der Waals surface area (Å²) in [5.41, 5.74) is 2.19. The number of hydrogen-bond donors (Lipinski definition) is 1. The first-order valence-corrected chi connectivity index (χ1v) is 9.20. The van der Waals surface area contributed by atoms with E-state index < -0.39 is 18.0 Å². The number of aromatic nitrogens is 2. The second-order valence-corrected chi connectivity index (χ2v) is 6.87. The Hall–Kier alpha value is -3.57. The Balaban J connectivity index is 1.66. The van der Waals surface area contributed by atoms with Gasteiger partial charge in [0.15, 0.2) is 6.10 Å². The number of nitrogens with one attached hydrogen (secondary N) is 1. The molecule has 0 aliphatic carbocycles. The Kier molecular flexibility index (Phi) is 5.77. The molecule has 0 fully saturated rings. The molecule has 3 rings (SSSR count). The zero-order valence-electron chi connectivity index (χ0n) is 15.2. The van der Waals surface area contributed by atoms with Crippen LogP contribution in [0.2, 0.25) is 0 Å². The van der Waals surface area contributed by atoms with Gasteiger partial charge in [0.25, 0.3) is 5.91 Å². The van der Waals surface area contributed by atoms with Crippen LogP contribution < -0.4 is 5.32 Å². The van der Waals surface area contributed by atoms with Crippen LogP contribution in [-0.2, 0) is 9.53 Å². The molecule has 0 saturated carbocycles. The van der Waals surface area contributed by atoms with Gasteiger partial charge in [0.1, 0.15) is 9.88 Å². The lowest BCUT2D eigenvalue weighted by Crippen LogP contribution is -2.29. The molecule has 0 saturated heterocycles. The van der Waals surface area contributed by atoms with Crippen molar-refractivity contribution in [3.63, 3.8) is 0 Å². The molecule has 2 heterocycles. The molecule has 1 aromatic carbocycles. The fraction of sp³-hybridized carbons (Fsp3) is 0.150. The smallest absolute Gasteiger partial charge is 0.351 e. The molecular formula is C20H16N4O3S. The van der Waals surface area contributed by atoms with Crippen molar-refractivity contribution in [1.82, 2.24) is 9.97 Å². The Labute approximate surface area is 165 Å². The van der Waals surface area contributed by atoms with E-state index in [9.17, 15) is 9.59 Å². The summed E-state index contributed by atoms with van der Waals surface area (Å²) in [7, 11) is 0. The number of aryl methyl sites for hydroxylation is 1. The molecule has 0 radical (unpaired) electrons. The minimum absolute atomic E-state index is 0.332. The van der Waals surface area contributed by atoms with Crippen molar-refractivity contribution >= 4 is 28.9 Å². The lowest BCUT2D eigenvalue weighted by Gasteiger charge is -2.13. The van der Waals surface area contributed by atoms with E-state index in [2.05, 4.69) is 15.3 Å². The second kappa shape index (κ2) is 8.41. The monoisotopic (exact) mass is 392 g/mol. The predicted molar refractivity (Wildman–Crippen MR) is 105 cm³/mol. The molecule has 1 N–H and O–H groups in total. The summed E-state index contributed by atoms with van der Waals surface area (Å²) in [6.45, 7) is 3.20. The summed E-state index contributed by atoms with van der Waals surface area (Å²) < 4.78 is 5.29. The van der Waals surface area contributed by atoms with Crippen molar-refractivity contribution in [3.8, 4) is 16.8 Å². The summed E-state index contributed by atoms with van der Waals surface area (Å²) in [6, 6.07) is 13.8. The van der Waals surface area contributed by atoms with Crippen LogP contribution in [0.4, 0.5) is 5.69 Å². The highest BCUT2D eigenvalue weighted by Crippen LogP contribution is 2.27. The summed E-state index contributed by atoms with van der Waals surface area (Å²) in [5, 5.41) is 12.1. The lowest BCUT2D eigenvalue weighted by molar-refractivity contribution is -0.123. The normalized spacial score (nSPS) is 11.3. The van der Waals surface area contributed by atoms with E-state index >= 15 is 0 Å². The molecule has 2 aromatic heterocycles. The first-order chi connectivity index (χ1) is 13.5. The number of anilines is 1. The molecule has 8 heteroatoms. The number of amides is 1. The average Bonchev–Trinajstić information content (AvgIpc) is 3.11. The number of thiazole rings is 1. The predicted octanol–water partition coefficient (Wildman–Crippen LogP) is 3.57. The van der Waals surface area contributed by atoms with E-state index in [0.717, 1.165) is 0 Å². The number of rotatable bonds is 5.